The van der Waals surface area contributed by atoms with Crippen LogP contribution in [-0.4, -0.2) is 4.98 Å². The van der Waals surface area contributed by atoms with Crippen LogP contribution in [0, 0.1) is 5.82 Å². The second kappa shape index (κ2) is 4.03. The summed E-state index contributed by atoms with van der Waals surface area (Å²) >= 11 is 0. The van der Waals surface area contributed by atoms with Crippen molar-refractivity contribution in [2.24, 2.45) is 0 Å². The zero-order valence-electron chi connectivity index (χ0n) is 9.35. The molecule has 3 N–H and O–H groups in total. The van der Waals surface area contributed by atoms with Crippen molar-refractivity contribution in [1.29, 1.82) is 0 Å². The molecule has 18 heavy (non-hydrogen) atoms. The predicted octanol–water partition coefficient (Wildman–Crippen LogP) is 3.29. The van der Waals surface area contributed by atoms with Crippen molar-refractivity contribution in [1.82, 2.24) is 4.98 Å². The number of nitrogens with zero attached hydrogens (tertiary/aromatic N) is 1. The summed E-state index contributed by atoms with van der Waals surface area (Å²) in [6.07, 6.45) is 0. The van der Waals surface area contributed by atoms with Crippen LogP contribution >= 0.6 is 0 Å². The molecule has 1 heterocycles. The number of anilines is 3. The number of nitrogen functional groups attached to an aromatic ring is 1. The third-order valence-electron chi connectivity index (χ3n) is 2.55. The minimum absolute atomic E-state index is 0.286. The second-order valence-electron chi connectivity index (χ2n) is 3.84. The molecule has 2 aromatic carbocycles. The molecule has 3 aromatic rings. The summed E-state index contributed by atoms with van der Waals surface area (Å²) in [6, 6.07) is 11.7. The van der Waals surface area contributed by atoms with Crippen LogP contribution in [0.5, 0.6) is 0 Å². The van der Waals surface area contributed by atoms with Gasteiger partial charge in [-0.2, -0.15) is 4.98 Å². The third kappa shape index (κ3) is 1.86. The molecule has 0 amide bonds. The Bertz CT molecular complexity index is 708. The fourth-order valence-corrected chi connectivity index (χ4v) is 1.68. The fourth-order valence-electron chi connectivity index (χ4n) is 1.68. The van der Waals surface area contributed by atoms with Crippen molar-refractivity contribution in [2.75, 3.05) is 11.1 Å². The number of nitrogens with one attached hydrogen (secondary N) is 1. The van der Waals surface area contributed by atoms with E-state index in [1.807, 2.05) is 18.2 Å². The zero-order valence-corrected chi connectivity index (χ0v) is 9.35. The number of benzene rings is 2. The number of para-hydroxylation sites is 2. The summed E-state index contributed by atoms with van der Waals surface area (Å²) in [6.45, 7) is 0. The molecule has 0 aliphatic heterocycles. The van der Waals surface area contributed by atoms with Gasteiger partial charge in [0.15, 0.2) is 5.58 Å². The lowest BCUT2D eigenvalue weighted by molar-refractivity contribution is 0.616. The molecule has 1 aromatic heterocycles. The first-order valence-corrected chi connectivity index (χ1v) is 5.40. The summed E-state index contributed by atoms with van der Waals surface area (Å²) in [5, 5.41) is 2.96. The van der Waals surface area contributed by atoms with E-state index in [-0.39, 0.29) is 11.8 Å². The predicted molar refractivity (Wildman–Crippen MR) is 68.1 cm³/mol. The van der Waals surface area contributed by atoms with Gasteiger partial charge in [0.1, 0.15) is 11.3 Å². The molecule has 0 fully saturated rings. The van der Waals surface area contributed by atoms with E-state index < -0.39 is 0 Å². The van der Waals surface area contributed by atoms with Crippen molar-refractivity contribution < 1.29 is 8.81 Å². The van der Waals surface area contributed by atoms with Gasteiger partial charge in [0, 0.05) is 6.07 Å². The standard InChI is InChI=1S/C13H10FN3O/c14-8-5-6-12-11(7-8)17-13(18-12)16-10-4-2-1-3-9(10)15/h1-7H,15H2,(H,16,17). The van der Waals surface area contributed by atoms with Gasteiger partial charge in [-0.25, -0.2) is 4.39 Å². The number of fused-ring (bicyclic) bond motifs is 1. The molecule has 90 valence electrons. The maximum Gasteiger partial charge on any atom is 0.300 e. The van der Waals surface area contributed by atoms with Crippen LogP contribution in [0.15, 0.2) is 46.9 Å². The highest BCUT2D eigenvalue weighted by atomic mass is 19.1. The van der Waals surface area contributed by atoms with Crippen molar-refractivity contribution in [3.63, 3.8) is 0 Å². The van der Waals surface area contributed by atoms with Crippen LogP contribution in [0.2, 0.25) is 0 Å². The van der Waals surface area contributed by atoms with Crippen LogP contribution in [0.25, 0.3) is 11.1 Å². The number of rotatable bonds is 2. The maximum absolute atomic E-state index is 13.0. The lowest BCUT2D eigenvalue weighted by atomic mass is 10.3. The number of aromatic nitrogens is 1. The van der Waals surface area contributed by atoms with Gasteiger partial charge < -0.3 is 15.5 Å². The molecule has 0 radical (unpaired) electrons. The van der Waals surface area contributed by atoms with Gasteiger partial charge in [-0.3, -0.25) is 0 Å². The third-order valence-corrected chi connectivity index (χ3v) is 2.55. The van der Waals surface area contributed by atoms with E-state index in [9.17, 15) is 4.39 Å². The average molecular weight is 243 g/mol. The largest absolute Gasteiger partial charge is 0.423 e. The van der Waals surface area contributed by atoms with E-state index in [4.69, 9.17) is 10.2 Å². The molecular weight excluding hydrogens is 233 g/mol. The van der Waals surface area contributed by atoms with Crippen LogP contribution in [0.3, 0.4) is 0 Å². The Labute approximate surface area is 102 Å². The first-order valence-electron chi connectivity index (χ1n) is 5.40. The lowest BCUT2D eigenvalue weighted by Crippen LogP contribution is -1.95. The van der Waals surface area contributed by atoms with Gasteiger partial charge in [-0.15, -0.1) is 0 Å². The molecule has 0 unspecified atom stereocenters. The Kier molecular flexibility index (Phi) is 2.37. The van der Waals surface area contributed by atoms with Crippen LogP contribution in [-0.2, 0) is 0 Å². The molecule has 0 aliphatic carbocycles. The maximum atomic E-state index is 13.0. The Morgan fingerprint density at radius 3 is 2.83 bits per heavy atom. The molecule has 4 nitrogen and oxygen atoms in total. The SMILES string of the molecule is Nc1ccccc1Nc1nc2cc(F)ccc2o1. The first-order chi connectivity index (χ1) is 8.72. The average Bonchev–Trinajstić information content (AvgIpc) is 2.73. The van der Waals surface area contributed by atoms with Gasteiger partial charge in [-0.1, -0.05) is 12.1 Å². The topological polar surface area (TPSA) is 64.1 Å². The van der Waals surface area contributed by atoms with Gasteiger partial charge in [0.2, 0.25) is 0 Å². The quantitative estimate of drug-likeness (QED) is 0.678. The minimum Gasteiger partial charge on any atom is -0.423 e. The van der Waals surface area contributed by atoms with E-state index in [0.29, 0.717) is 22.5 Å². The van der Waals surface area contributed by atoms with Crippen molar-refractivity contribution in [2.45, 2.75) is 0 Å². The summed E-state index contributed by atoms with van der Waals surface area (Å²) in [4.78, 5) is 4.14. The molecule has 0 spiro atoms. The first kappa shape index (κ1) is 10.6. The van der Waals surface area contributed by atoms with Crippen LogP contribution in [0.4, 0.5) is 21.8 Å². The second-order valence-corrected chi connectivity index (χ2v) is 3.84. The van der Waals surface area contributed by atoms with E-state index in [1.54, 1.807) is 6.07 Å². The Balaban J connectivity index is 1.98. The van der Waals surface area contributed by atoms with Gasteiger partial charge in [0.05, 0.1) is 11.4 Å². The van der Waals surface area contributed by atoms with Crippen molar-refractivity contribution >= 4 is 28.5 Å². The number of hydrogen-bond acceptors (Lipinski definition) is 4. The highest BCUT2D eigenvalue weighted by Gasteiger charge is 2.07. The molecule has 0 aliphatic rings. The molecule has 0 saturated heterocycles. The van der Waals surface area contributed by atoms with E-state index in [1.165, 1.54) is 18.2 Å². The molecule has 0 saturated carbocycles. The normalized spacial score (nSPS) is 10.7. The molecular formula is C13H10FN3O. The van der Waals surface area contributed by atoms with Gasteiger partial charge in [0.25, 0.3) is 6.01 Å². The lowest BCUT2D eigenvalue weighted by Gasteiger charge is -2.03. The van der Waals surface area contributed by atoms with E-state index >= 15 is 0 Å². The van der Waals surface area contributed by atoms with E-state index in [2.05, 4.69) is 10.3 Å². The summed E-state index contributed by atoms with van der Waals surface area (Å²) < 4.78 is 18.5. The van der Waals surface area contributed by atoms with Crippen LogP contribution < -0.4 is 11.1 Å². The number of halogens is 1. The smallest absolute Gasteiger partial charge is 0.300 e. The number of oxazole rings is 1. The van der Waals surface area contributed by atoms with Gasteiger partial charge >= 0.3 is 0 Å². The molecule has 5 heteroatoms. The monoisotopic (exact) mass is 243 g/mol. The van der Waals surface area contributed by atoms with Crippen molar-refractivity contribution in [3.05, 3.63) is 48.3 Å². The summed E-state index contributed by atoms with van der Waals surface area (Å²) in [5.74, 6) is -0.346. The van der Waals surface area contributed by atoms with Crippen molar-refractivity contribution in [3.8, 4) is 0 Å². The summed E-state index contributed by atoms with van der Waals surface area (Å²) in [5.41, 5.74) is 8.07. The highest BCUT2D eigenvalue weighted by molar-refractivity contribution is 5.77. The van der Waals surface area contributed by atoms with E-state index in [0.717, 1.165) is 0 Å². The molecule has 0 atom stereocenters. The Morgan fingerprint density at radius 1 is 1.17 bits per heavy atom. The minimum atomic E-state index is -0.346. The highest BCUT2D eigenvalue weighted by Crippen LogP contribution is 2.25. The number of nitrogens with two attached hydrogens (primary N) is 1. The Hall–Kier alpha value is -2.56. The molecule has 3 rings (SSSR count). The Morgan fingerprint density at radius 2 is 2.00 bits per heavy atom. The summed E-state index contributed by atoms with van der Waals surface area (Å²) in [7, 11) is 0. The van der Waals surface area contributed by atoms with Crippen LogP contribution in [0.1, 0.15) is 0 Å². The molecule has 0 bridgehead atoms. The number of hydrogen-bond donors (Lipinski definition) is 2. The fraction of sp³-hybridized carbons (Fsp3) is 0. The zero-order chi connectivity index (χ0) is 12.5. The van der Waals surface area contributed by atoms with Gasteiger partial charge in [-0.05, 0) is 24.3 Å².